The molecule has 0 unspecified atom stereocenters. The monoisotopic (exact) mass is 277 g/mol. The van der Waals surface area contributed by atoms with Gasteiger partial charge < -0.3 is 0 Å². The number of rotatable bonds is 1. The first-order chi connectivity index (χ1) is 10.9. The minimum atomic E-state index is 1.20. The molecular formula is C22H13. The molecule has 101 valence electrons. The Balaban J connectivity index is 1.95. The third-order valence-electron chi connectivity index (χ3n) is 4.48. The normalized spacial score (nSPS) is 11.6. The second-order valence-electron chi connectivity index (χ2n) is 5.79. The van der Waals surface area contributed by atoms with Gasteiger partial charge in [0, 0.05) is 0 Å². The third kappa shape index (κ3) is 1.58. The zero-order valence-corrected chi connectivity index (χ0v) is 12.0. The Labute approximate surface area is 129 Å². The average Bonchev–Trinajstić information content (AvgIpc) is 2.60. The highest BCUT2D eigenvalue weighted by Gasteiger charge is 2.09. The molecule has 0 saturated heterocycles. The van der Waals surface area contributed by atoms with Gasteiger partial charge in [0.25, 0.3) is 0 Å². The molecule has 0 nitrogen and oxygen atoms in total. The summed E-state index contributed by atoms with van der Waals surface area (Å²) in [6.07, 6.45) is 0. The van der Waals surface area contributed by atoms with Crippen molar-refractivity contribution in [2.75, 3.05) is 0 Å². The molecule has 0 heterocycles. The first kappa shape index (κ1) is 11.8. The topological polar surface area (TPSA) is 0 Å². The van der Waals surface area contributed by atoms with Crippen LogP contribution in [-0.2, 0) is 0 Å². The SMILES string of the molecule is [c]1cc2cc(-c3ccccc3)cc3ccc4cccc1c4c23. The van der Waals surface area contributed by atoms with Gasteiger partial charge in [0.2, 0.25) is 0 Å². The third-order valence-corrected chi connectivity index (χ3v) is 4.48. The van der Waals surface area contributed by atoms with Crippen LogP contribution in [0.1, 0.15) is 0 Å². The molecule has 0 N–H and O–H groups in total. The van der Waals surface area contributed by atoms with Crippen LogP contribution in [0, 0.1) is 6.07 Å². The van der Waals surface area contributed by atoms with Crippen LogP contribution in [0.4, 0.5) is 0 Å². The number of benzene rings is 5. The summed E-state index contributed by atoms with van der Waals surface area (Å²) in [7, 11) is 0. The Bertz CT molecular complexity index is 1040. The average molecular weight is 277 g/mol. The van der Waals surface area contributed by atoms with E-state index < -0.39 is 0 Å². The Morgan fingerprint density at radius 2 is 1.36 bits per heavy atom. The molecule has 0 atom stereocenters. The van der Waals surface area contributed by atoms with Gasteiger partial charge >= 0.3 is 0 Å². The lowest BCUT2D eigenvalue weighted by Gasteiger charge is -2.12. The molecule has 1 radical (unpaired) electrons. The van der Waals surface area contributed by atoms with E-state index in [1.807, 2.05) is 0 Å². The molecule has 0 aromatic heterocycles. The van der Waals surface area contributed by atoms with Crippen molar-refractivity contribution in [3.05, 3.63) is 84.9 Å². The quantitative estimate of drug-likeness (QED) is 0.327. The lowest BCUT2D eigenvalue weighted by Crippen LogP contribution is -1.85. The summed E-state index contributed by atoms with van der Waals surface area (Å²) in [5.74, 6) is 0. The smallest absolute Gasteiger partial charge is 0.00206 e. The van der Waals surface area contributed by atoms with Gasteiger partial charge in [0.15, 0.2) is 0 Å². The Morgan fingerprint density at radius 1 is 0.545 bits per heavy atom. The lowest BCUT2D eigenvalue weighted by atomic mass is 9.91. The Morgan fingerprint density at radius 3 is 2.27 bits per heavy atom. The van der Waals surface area contributed by atoms with Gasteiger partial charge in [-0.2, -0.15) is 0 Å². The Hall–Kier alpha value is -2.86. The summed E-state index contributed by atoms with van der Waals surface area (Å²) in [5.41, 5.74) is 2.52. The largest absolute Gasteiger partial charge is 0.0622 e. The minimum Gasteiger partial charge on any atom is -0.0622 e. The predicted octanol–water partition coefficient (Wildman–Crippen LogP) is 6.05. The molecule has 0 heteroatoms. The van der Waals surface area contributed by atoms with Gasteiger partial charge in [0.1, 0.15) is 0 Å². The van der Waals surface area contributed by atoms with E-state index in [2.05, 4.69) is 84.9 Å². The van der Waals surface area contributed by atoms with Crippen molar-refractivity contribution >= 4 is 32.3 Å². The van der Waals surface area contributed by atoms with Crippen LogP contribution in [0.5, 0.6) is 0 Å². The summed E-state index contributed by atoms with van der Waals surface area (Å²) < 4.78 is 0. The fourth-order valence-corrected chi connectivity index (χ4v) is 3.46. The van der Waals surface area contributed by atoms with Crippen molar-refractivity contribution in [1.29, 1.82) is 0 Å². The van der Waals surface area contributed by atoms with Gasteiger partial charge in [-0.3, -0.25) is 0 Å². The number of hydrogen-bond donors (Lipinski definition) is 0. The van der Waals surface area contributed by atoms with Crippen molar-refractivity contribution in [1.82, 2.24) is 0 Å². The van der Waals surface area contributed by atoms with E-state index in [4.69, 9.17) is 0 Å². The van der Waals surface area contributed by atoms with Crippen molar-refractivity contribution < 1.29 is 0 Å². The maximum absolute atomic E-state index is 3.44. The Kier molecular flexibility index (Phi) is 2.31. The summed E-state index contributed by atoms with van der Waals surface area (Å²) in [6.45, 7) is 0. The van der Waals surface area contributed by atoms with E-state index in [0.29, 0.717) is 0 Å². The van der Waals surface area contributed by atoms with Crippen LogP contribution in [0.15, 0.2) is 78.9 Å². The lowest BCUT2D eigenvalue weighted by molar-refractivity contribution is 1.66. The molecule has 0 bridgehead atoms. The van der Waals surface area contributed by atoms with Gasteiger partial charge in [-0.25, -0.2) is 0 Å². The van der Waals surface area contributed by atoms with Crippen LogP contribution in [0.3, 0.4) is 0 Å². The molecule has 5 aromatic carbocycles. The maximum atomic E-state index is 3.44. The van der Waals surface area contributed by atoms with E-state index in [1.54, 1.807) is 0 Å². The van der Waals surface area contributed by atoms with Crippen LogP contribution >= 0.6 is 0 Å². The highest BCUT2D eigenvalue weighted by atomic mass is 14.1. The van der Waals surface area contributed by atoms with Crippen LogP contribution in [0.2, 0.25) is 0 Å². The summed E-state index contributed by atoms with van der Waals surface area (Å²) in [4.78, 5) is 0. The second-order valence-corrected chi connectivity index (χ2v) is 5.79. The maximum Gasteiger partial charge on any atom is -0.00206 e. The number of hydrogen-bond acceptors (Lipinski definition) is 0. The van der Waals surface area contributed by atoms with Gasteiger partial charge in [-0.05, 0) is 67.7 Å². The predicted molar refractivity (Wildman–Crippen MR) is 94.4 cm³/mol. The van der Waals surface area contributed by atoms with Crippen molar-refractivity contribution in [2.24, 2.45) is 0 Å². The minimum absolute atomic E-state index is 1.20. The molecule has 0 aliphatic heterocycles. The van der Waals surface area contributed by atoms with E-state index in [0.717, 1.165) is 0 Å². The zero-order valence-electron chi connectivity index (χ0n) is 12.0. The fourth-order valence-electron chi connectivity index (χ4n) is 3.46. The molecule has 0 fully saturated rings. The van der Waals surface area contributed by atoms with Crippen LogP contribution in [-0.4, -0.2) is 0 Å². The first-order valence-electron chi connectivity index (χ1n) is 7.55. The highest BCUT2D eigenvalue weighted by Crippen LogP contribution is 2.36. The van der Waals surface area contributed by atoms with Gasteiger partial charge in [0.05, 0.1) is 0 Å². The standard InChI is InChI=1S/C22H13/c1-2-5-15(6-3-1)20-13-18-11-9-16-7-4-8-17-10-12-19(14-20)22(18)21(16)17/h1-9,11-14H. The zero-order chi connectivity index (χ0) is 14.5. The molecular weight excluding hydrogens is 264 g/mol. The van der Waals surface area contributed by atoms with Gasteiger partial charge in [-0.15, -0.1) is 0 Å². The molecule has 22 heavy (non-hydrogen) atoms. The molecule has 0 aliphatic rings. The summed E-state index contributed by atoms with van der Waals surface area (Å²) >= 11 is 0. The summed E-state index contributed by atoms with van der Waals surface area (Å²) in [6, 6.07) is 31.6. The van der Waals surface area contributed by atoms with Crippen molar-refractivity contribution in [2.45, 2.75) is 0 Å². The molecule has 5 aromatic rings. The molecule has 0 amide bonds. The van der Waals surface area contributed by atoms with E-state index in [-0.39, 0.29) is 0 Å². The molecule has 0 aliphatic carbocycles. The molecule has 5 rings (SSSR count). The second kappa shape index (κ2) is 4.32. The van der Waals surface area contributed by atoms with Crippen LogP contribution in [0.25, 0.3) is 43.4 Å². The van der Waals surface area contributed by atoms with Crippen LogP contribution < -0.4 is 0 Å². The van der Waals surface area contributed by atoms with Crippen molar-refractivity contribution in [3.63, 3.8) is 0 Å². The van der Waals surface area contributed by atoms with Gasteiger partial charge in [-0.1, -0.05) is 60.7 Å². The highest BCUT2D eigenvalue weighted by molar-refractivity contribution is 6.23. The summed E-state index contributed by atoms with van der Waals surface area (Å²) in [5, 5.41) is 7.74. The molecule has 0 spiro atoms. The van der Waals surface area contributed by atoms with E-state index >= 15 is 0 Å². The fraction of sp³-hybridized carbons (Fsp3) is 0. The molecule has 0 saturated carbocycles. The van der Waals surface area contributed by atoms with E-state index in [1.165, 1.54) is 43.4 Å². The van der Waals surface area contributed by atoms with E-state index in [9.17, 15) is 0 Å². The van der Waals surface area contributed by atoms with Crippen molar-refractivity contribution in [3.8, 4) is 11.1 Å². The first-order valence-corrected chi connectivity index (χ1v) is 7.55.